The Balaban J connectivity index is 3.18. The normalized spacial score (nSPS) is 9.23. The fourth-order valence-electron chi connectivity index (χ4n) is 1.04. The lowest BCUT2D eigenvalue weighted by Gasteiger charge is -2.03. The second kappa shape index (κ2) is 3.72. The molecule has 0 aliphatic rings. The van der Waals surface area contributed by atoms with Crippen molar-refractivity contribution in [3.8, 4) is 6.07 Å². The minimum atomic E-state index is -0.256. The molecule has 0 bridgehead atoms. The van der Waals surface area contributed by atoms with E-state index in [1.165, 1.54) is 10.6 Å². The number of hydrogen-bond donors (Lipinski definition) is 0. The maximum atomic E-state index is 11.4. The fourth-order valence-corrected chi connectivity index (χ4v) is 1.04. The number of hydrogen-bond acceptors (Lipinski definition) is 2. The third kappa shape index (κ3) is 2.06. The Bertz CT molecular complexity index is 423. The van der Waals surface area contributed by atoms with Gasteiger partial charge in [0.2, 0.25) is 0 Å². The molecule has 0 saturated carbocycles. The Labute approximate surface area is 76.6 Å². The number of nitrogens with zero attached hydrogens (tertiary/aromatic N) is 2. The molecule has 3 nitrogen and oxygen atoms in total. The van der Waals surface area contributed by atoms with Crippen molar-refractivity contribution in [2.75, 3.05) is 0 Å². The van der Waals surface area contributed by atoms with Gasteiger partial charge in [-0.15, -0.1) is 0 Å². The third-order valence-electron chi connectivity index (χ3n) is 1.58. The highest BCUT2D eigenvalue weighted by Gasteiger charge is 2.00. The van der Waals surface area contributed by atoms with Crippen molar-refractivity contribution in [3.63, 3.8) is 0 Å². The van der Waals surface area contributed by atoms with Crippen molar-refractivity contribution >= 4 is 0 Å². The molecule has 0 aliphatic carbocycles. The van der Waals surface area contributed by atoms with Crippen LogP contribution in [0.5, 0.6) is 0 Å². The summed E-state index contributed by atoms with van der Waals surface area (Å²) in [6, 6.07) is 5.04. The molecular formula is C10H10N2O. The third-order valence-corrected chi connectivity index (χ3v) is 1.58. The highest BCUT2D eigenvalue weighted by Crippen LogP contribution is 1.94. The molecule has 0 aliphatic heterocycles. The minimum Gasteiger partial charge on any atom is -0.310 e. The zero-order chi connectivity index (χ0) is 9.84. The lowest BCUT2D eigenvalue weighted by atomic mass is 10.3. The van der Waals surface area contributed by atoms with Crippen LogP contribution in [0.4, 0.5) is 0 Å². The van der Waals surface area contributed by atoms with Crippen molar-refractivity contribution in [1.29, 1.82) is 5.26 Å². The molecule has 1 heterocycles. The molecule has 0 amide bonds. The standard InChI is InChI=1S/C10H10N2O/c1-8(2)7-12-5-3-4-9(6-11)10(12)13/h3-5H,1,7H2,2H3. The smallest absolute Gasteiger partial charge is 0.268 e. The summed E-state index contributed by atoms with van der Waals surface area (Å²) in [5.74, 6) is 0. The summed E-state index contributed by atoms with van der Waals surface area (Å²) in [5.41, 5.74) is 0.800. The van der Waals surface area contributed by atoms with Crippen LogP contribution in [0.1, 0.15) is 12.5 Å². The Kier molecular flexibility index (Phi) is 2.65. The van der Waals surface area contributed by atoms with Crippen molar-refractivity contribution in [3.05, 3.63) is 46.4 Å². The quantitative estimate of drug-likeness (QED) is 0.634. The molecule has 0 saturated heterocycles. The summed E-state index contributed by atoms with van der Waals surface area (Å²) in [6.07, 6.45) is 1.65. The van der Waals surface area contributed by atoms with Crippen molar-refractivity contribution in [2.45, 2.75) is 13.5 Å². The molecule has 0 radical (unpaired) electrons. The highest BCUT2D eigenvalue weighted by atomic mass is 16.1. The molecule has 0 spiro atoms. The Morgan fingerprint density at radius 1 is 1.77 bits per heavy atom. The van der Waals surface area contributed by atoms with Crippen molar-refractivity contribution in [2.24, 2.45) is 0 Å². The fraction of sp³-hybridized carbons (Fsp3) is 0.200. The van der Waals surface area contributed by atoms with E-state index in [1.807, 2.05) is 13.0 Å². The van der Waals surface area contributed by atoms with Gasteiger partial charge in [-0.2, -0.15) is 5.26 Å². The lowest BCUT2D eigenvalue weighted by molar-refractivity contribution is 0.746. The van der Waals surface area contributed by atoms with Gasteiger partial charge in [0.15, 0.2) is 0 Å². The molecule has 1 aromatic heterocycles. The molecular weight excluding hydrogens is 164 g/mol. The molecule has 0 unspecified atom stereocenters. The molecule has 0 atom stereocenters. The van der Waals surface area contributed by atoms with E-state index >= 15 is 0 Å². The number of allylic oxidation sites excluding steroid dienone is 1. The van der Waals surface area contributed by atoms with Gasteiger partial charge in [0.1, 0.15) is 11.6 Å². The second-order valence-electron chi connectivity index (χ2n) is 2.92. The predicted octanol–water partition coefficient (Wildman–Crippen LogP) is 1.30. The van der Waals surface area contributed by atoms with Crippen LogP contribution in [0.3, 0.4) is 0 Å². The van der Waals surface area contributed by atoms with Gasteiger partial charge in [-0.3, -0.25) is 4.79 Å². The van der Waals surface area contributed by atoms with Crippen LogP contribution in [0, 0.1) is 11.3 Å². The zero-order valence-corrected chi connectivity index (χ0v) is 7.45. The molecule has 1 rings (SSSR count). The number of rotatable bonds is 2. The topological polar surface area (TPSA) is 45.8 Å². The number of aromatic nitrogens is 1. The molecule has 0 fully saturated rings. The van der Waals surface area contributed by atoms with E-state index in [1.54, 1.807) is 12.3 Å². The lowest BCUT2D eigenvalue weighted by Crippen LogP contribution is -2.21. The van der Waals surface area contributed by atoms with Gasteiger partial charge in [0.05, 0.1) is 0 Å². The van der Waals surface area contributed by atoms with Crippen LogP contribution < -0.4 is 5.56 Å². The molecule has 1 aromatic rings. The Hall–Kier alpha value is -1.82. The van der Waals surface area contributed by atoms with E-state index in [4.69, 9.17) is 5.26 Å². The molecule has 0 aromatic carbocycles. The maximum Gasteiger partial charge on any atom is 0.268 e. The van der Waals surface area contributed by atoms with E-state index in [0.29, 0.717) is 6.54 Å². The highest BCUT2D eigenvalue weighted by molar-refractivity contribution is 5.25. The van der Waals surface area contributed by atoms with Crippen LogP contribution in [0.25, 0.3) is 0 Å². The number of pyridine rings is 1. The van der Waals surface area contributed by atoms with Gasteiger partial charge < -0.3 is 4.57 Å². The second-order valence-corrected chi connectivity index (χ2v) is 2.92. The Morgan fingerprint density at radius 3 is 3.00 bits per heavy atom. The minimum absolute atomic E-state index is 0.170. The van der Waals surface area contributed by atoms with E-state index in [-0.39, 0.29) is 11.1 Å². The largest absolute Gasteiger partial charge is 0.310 e. The van der Waals surface area contributed by atoms with Crippen molar-refractivity contribution in [1.82, 2.24) is 4.57 Å². The van der Waals surface area contributed by atoms with Crippen LogP contribution in [-0.4, -0.2) is 4.57 Å². The van der Waals surface area contributed by atoms with Gasteiger partial charge >= 0.3 is 0 Å². The maximum absolute atomic E-state index is 11.4. The van der Waals surface area contributed by atoms with Crippen molar-refractivity contribution < 1.29 is 0 Å². The van der Waals surface area contributed by atoms with Gasteiger partial charge in [-0.05, 0) is 19.1 Å². The van der Waals surface area contributed by atoms with E-state index in [2.05, 4.69) is 6.58 Å². The average molecular weight is 174 g/mol. The summed E-state index contributed by atoms with van der Waals surface area (Å²) in [4.78, 5) is 11.4. The first kappa shape index (κ1) is 9.27. The molecule has 66 valence electrons. The first-order chi connectivity index (χ1) is 6.15. The van der Waals surface area contributed by atoms with Crippen LogP contribution in [0.2, 0.25) is 0 Å². The first-order valence-corrected chi connectivity index (χ1v) is 3.89. The Morgan fingerprint density at radius 2 is 2.46 bits per heavy atom. The van der Waals surface area contributed by atoms with Crippen LogP contribution in [0.15, 0.2) is 35.3 Å². The SMILES string of the molecule is C=C(C)Cn1cccc(C#N)c1=O. The molecule has 13 heavy (non-hydrogen) atoms. The van der Waals surface area contributed by atoms with Gasteiger partial charge in [0, 0.05) is 12.7 Å². The summed E-state index contributed by atoms with van der Waals surface area (Å²) in [6.45, 7) is 6.01. The van der Waals surface area contributed by atoms with Gasteiger partial charge in [-0.1, -0.05) is 12.2 Å². The summed E-state index contributed by atoms with van der Waals surface area (Å²) in [5, 5.41) is 8.59. The monoisotopic (exact) mass is 174 g/mol. The predicted molar refractivity (Wildman–Crippen MR) is 50.2 cm³/mol. The van der Waals surface area contributed by atoms with Crippen LogP contribution in [-0.2, 0) is 6.54 Å². The van der Waals surface area contributed by atoms with E-state index in [9.17, 15) is 4.79 Å². The van der Waals surface area contributed by atoms with Crippen LogP contribution >= 0.6 is 0 Å². The molecule has 3 heteroatoms. The zero-order valence-electron chi connectivity index (χ0n) is 7.45. The van der Waals surface area contributed by atoms with E-state index in [0.717, 1.165) is 5.57 Å². The number of nitriles is 1. The first-order valence-electron chi connectivity index (χ1n) is 3.89. The van der Waals surface area contributed by atoms with E-state index < -0.39 is 0 Å². The summed E-state index contributed by atoms with van der Waals surface area (Å²) >= 11 is 0. The van der Waals surface area contributed by atoms with Gasteiger partial charge in [0.25, 0.3) is 5.56 Å². The molecule has 0 N–H and O–H groups in total. The summed E-state index contributed by atoms with van der Waals surface area (Å²) in [7, 11) is 0. The average Bonchev–Trinajstić information content (AvgIpc) is 2.08. The van der Waals surface area contributed by atoms with Gasteiger partial charge in [-0.25, -0.2) is 0 Å². The summed E-state index contributed by atoms with van der Waals surface area (Å²) < 4.78 is 1.47.